The van der Waals surface area contributed by atoms with Crippen molar-refractivity contribution in [3.8, 4) is 0 Å². The lowest BCUT2D eigenvalue weighted by Gasteiger charge is -2.24. The van der Waals surface area contributed by atoms with Gasteiger partial charge in [-0.15, -0.1) is 0 Å². The Kier molecular flexibility index (Phi) is 7.39. The van der Waals surface area contributed by atoms with E-state index in [0.29, 0.717) is 12.0 Å². The molecule has 0 aromatic carbocycles. The van der Waals surface area contributed by atoms with Crippen LogP contribution < -0.4 is 5.32 Å². The second kappa shape index (κ2) is 10.2. The molecule has 5 nitrogen and oxygen atoms in total. The van der Waals surface area contributed by atoms with E-state index >= 15 is 0 Å². The minimum Gasteiger partial charge on any atom is -0.325 e. The summed E-state index contributed by atoms with van der Waals surface area (Å²) in [5.74, 6) is 0.567. The van der Waals surface area contributed by atoms with Gasteiger partial charge in [0.15, 0.2) is 0 Å². The van der Waals surface area contributed by atoms with Crippen LogP contribution in [0, 0.1) is 0 Å². The van der Waals surface area contributed by atoms with Crippen LogP contribution in [-0.4, -0.2) is 19.5 Å². The Bertz CT molecular complexity index is 1050. The Balaban J connectivity index is 0.00000124. The number of hydrogen-bond acceptors (Lipinski definition) is 4. The van der Waals surface area contributed by atoms with E-state index in [-0.39, 0.29) is 0 Å². The van der Waals surface area contributed by atoms with Gasteiger partial charge in [-0.1, -0.05) is 64.8 Å². The van der Waals surface area contributed by atoms with E-state index in [1.807, 2.05) is 44.6 Å². The number of pyridine rings is 1. The smallest absolute Gasteiger partial charge is 0.229 e. The van der Waals surface area contributed by atoms with E-state index < -0.39 is 0 Å². The fourth-order valence-corrected chi connectivity index (χ4v) is 3.96. The summed E-state index contributed by atoms with van der Waals surface area (Å²) in [6.07, 6.45) is 16.8. The lowest BCUT2D eigenvalue weighted by Crippen LogP contribution is -2.13. The van der Waals surface area contributed by atoms with Gasteiger partial charge in [0.25, 0.3) is 0 Å². The minimum absolute atomic E-state index is 0.469. The first-order valence-electron chi connectivity index (χ1n) is 11.1. The molecule has 0 aliphatic heterocycles. The maximum absolute atomic E-state index is 4.87. The molecular formula is C25H33N5. The minimum atomic E-state index is 0.469. The topological polar surface area (TPSA) is 55.6 Å². The molecule has 0 radical (unpaired) electrons. The summed E-state index contributed by atoms with van der Waals surface area (Å²) in [7, 11) is 0. The van der Waals surface area contributed by atoms with Gasteiger partial charge in [0.1, 0.15) is 5.65 Å². The van der Waals surface area contributed by atoms with Crippen molar-refractivity contribution in [3.05, 3.63) is 61.2 Å². The summed E-state index contributed by atoms with van der Waals surface area (Å²) >= 11 is 0. The average molecular weight is 404 g/mol. The quantitative estimate of drug-likeness (QED) is 0.452. The largest absolute Gasteiger partial charge is 0.325 e. The highest BCUT2D eigenvalue weighted by Crippen LogP contribution is 2.36. The van der Waals surface area contributed by atoms with E-state index in [9.17, 15) is 0 Å². The van der Waals surface area contributed by atoms with Crippen molar-refractivity contribution in [2.45, 2.75) is 65.3 Å². The monoisotopic (exact) mass is 403 g/mol. The summed E-state index contributed by atoms with van der Waals surface area (Å²) in [6.45, 7) is 14.1. The Morgan fingerprint density at radius 1 is 1.13 bits per heavy atom. The molecular weight excluding hydrogens is 370 g/mol. The second-order valence-corrected chi connectivity index (χ2v) is 7.48. The van der Waals surface area contributed by atoms with Gasteiger partial charge in [-0.25, -0.2) is 4.98 Å². The first-order chi connectivity index (χ1) is 14.7. The highest BCUT2D eigenvalue weighted by molar-refractivity contribution is 6.06. The number of rotatable bonds is 6. The highest BCUT2D eigenvalue weighted by atomic mass is 15.2. The lowest BCUT2D eigenvalue weighted by molar-refractivity contribution is 0.366. The molecule has 30 heavy (non-hydrogen) atoms. The number of hydrogen-bond donors (Lipinski definition) is 1. The molecule has 1 N–H and O–H groups in total. The molecule has 4 rings (SSSR count). The summed E-state index contributed by atoms with van der Waals surface area (Å²) < 4.78 is 2.38. The molecule has 0 atom stereocenters. The Morgan fingerprint density at radius 2 is 1.90 bits per heavy atom. The first kappa shape index (κ1) is 21.8. The SMILES string of the molecule is C=C(/C=C\C(=C)Nc1ncc2c3ccncc3n(C3CCCCC3)c2n1)CC.CC. The molecule has 3 heterocycles. The predicted molar refractivity (Wildman–Crippen MR) is 128 cm³/mol. The van der Waals surface area contributed by atoms with Gasteiger partial charge in [-0.05, 0) is 31.4 Å². The van der Waals surface area contributed by atoms with Gasteiger partial charge in [-0.2, -0.15) is 4.98 Å². The second-order valence-electron chi connectivity index (χ2n) is 7.48. The molecule has 1 saturated carbocycles. The molecule has 1 aliphatic rings. The molecule has 158 valence electrons. The molecule has 1 aliphatic carbocycles. The summed E-state index contributed by atoms with van der Waals surface area (Å²) in [4.78, 5) is 13.8. The third-order valence-electron chi connectivity index (χ3n) is 5.53. The third-order valence-corrected chi connectivity index (χ3v) is 5.53. The Morgan fingerprint density at radius 3 is 2.63 bits per heavy atom. The molecule has 0 bridgehead atoms. The van der Waals surface area contributed by atoms with Crippen LogP contribution in [-0.2, 0) is 0 Å². The van der Waals surface area contributed by atoms with Crippen LogP contribution in [0.2, 0.25) is 0 Å². The number of nitrogens with one attached hydrogen (secondary N) is 1. The van der Waals surface area contributed by atoms with E-state index in [1.165, 1.54) is 37.5 Å². The number of anilines is 1. The highest BCUT2D eigenvalue weighted by Gasteiger charge is 2.22. The Labute approximate surface area is 179 Å². The zero-order chi connectivity index (χ0) is 21.5. The van der Waals surface area contributed by atoms with Crippen LogP contribution in [0.25, 0.3) is 21.9 Å². The number of allylic oxidation sites excluding steroid dienone is 3. The van der Waals surface area contributed by atoms with E-state index in [2.05, 4.69) is 46.0 Å². The Hall–Kier alpha value is -2.95. The van der Waals surface area contributed by atoms with Crippen molar-refractivity contribution in [1.29, 1.82) is 0 Å². The number of aromatic nitrogens is 4. The average Bonchev–Trinajstić information content (AvgIpc) is 3.13. The maximum atomic E-state index is 4.87. The summed E-state index contributed by atoms with van der Waals surface area (Å²) in [5, 5.41) is 5.46. The van der Waals surface area contributed by atoms with Crippen LogP contribution >= 0.6 is 0 Å². The molecule has 3 aromatic rings. The molecule has 0 saturated heterocycles. The summed E-state index contributed by atoms with van der Waals surface area (Å²) in [6, 6.07) is 2.53. The number of fused-ring (bicyclic) bond motifs is 3. The third kappa shape index (κ3) is 4.61. The first-order valence-corrected chi connectivity index (χ1v) is 11.1. The van der Waals surface area contributed by atoms with Crippen molar-refractivity contribution < 1.29 is 0 Å². The van der Waals surface area contributed by atoms with Gasteiger partial charge < -0.3 is 9.88 Å². The van der Waals surface area contributed by atoms with Crippen molar-refractivity contribution in [2.75, 3.05) is 5.32 Å². The molecule has 5 heteroatoms. The van der Waals surface area contributed by atoms with Gasteiger partial charge in [0.05, 0.1) is 11.7 Å². The fraction of sp³-hybridized carbons (Fsp3) is 0.400. The van der Waals surface area contributed by atoms with Crippen molar-refractivity contribution >= 4 is 27.9 Å². The van der Waals surface area contributed by atoms with Crippen LogP contribution in [0.5, 0.6) is 0 Å². The van der Waals surface area contributed by atoms with Gasteiger partial charge in [0, 0.05) is 34.9 Å². The van der Waals surface area contributed by atoms with Gasteiger partial charge >= 0.3 is 0 Å². The molecule has 1 fully saturated rings. The van der Waals surface area contributed by atoms with E-state index in [4.69, 9.17) is 4.98 Å². The summed E-state index contributed by atoms with van der Waals surface area (Å²) in [5.41, 5.74) is 3.93. The van der Waals surface area contributed by atoms with Gasteiger partial charge in [-0.3, -0.25) is 4.98 Å². The van der Waals surface area contributed by atoms with Crippen molar-refractivity contribution in [3.63, 3.8) is 0 Å². The molecule has 0 unspecified atom stereocenters. The lowest BCUT2D eigenvalue weighted by atomic mass is 9.95. The normalized spacial score (nSPS) is 14.6. The van der Waals surface area contributed by atoms with E-state index in [0.717, 1.165) is 34.2 Å². The van der Waals surface area contributed by atoms with Crippen molar-refractivity contribution in [1.82, 2.24) is 19.5 Å². The predicted octanol–water partition coefficient (Wildman–Crippen LogP) is 6.96. The van der Waals surface area contributed by atoms with Crippen LogP contribution in [0.3, 0.4) is 0 Å². The number of nitrogens with zero attached hydrogens (tertiary/aromatic N) is 4. The van der Waals surface area contributed by atoms with Crippen LogP contribution in [0.15, 0.2) is 61.2 Å². The van der Waals surface area contributed by atoms with Crippen LogP contribution in [0.1, 0.15) is 65.3 Å². The molecule has 0 spiro atoms. The van der Waals surface area contributed by atoms with E-state index in [1.54, 1.807) is 0 Å². The standard InChI is InChI=1S/C23H27N5.C2H6/c1-4-16(2)10-11-17(3)26-23-25-14-20-19-12-13-24-15-21(19)28(22(20)27-23)18-8-6-5-7-9-18;1-2/h10-15,18H,2-9H2,1H3,(H,25,26,27);1-2H3/b11-10-;. The maximum Gasteiger partial charge on any atom is 0.229 e. The molecule has 0 amide bonds. The van der Waals surface area contributed by atoms with Crippen LogP contribution in [0.4, 0.5) is 5.95 Å². The van der Waals surface area contributed by atoms with Crippen molar-refractivity contribution in [2.24, 2.45) is 0 Å². The molecule has 3 aromatic heterocycles. The zero-order valence-electron chi connectivity index (χ0n) is 18.5. The van der Waals surface area contributed by atoms with Gasteiger partial charge in [0.2, 0.25) is 5.95 Å². The zero-order valence-corrected chi connectivity index (χ0v) is 18.5. The fourth-order valence-electron chi connectivity index (χ4n) is 3.96.